The van der Waals surface area contributed by atoms with Crippen molar-refractivity contribution in [3.05, 3.63) is 345 Å². The van der Waals surface area contributed by atoms with Crippen LogP contribution in [0.4, 0.5) is 0 Å². The third-order valence-corrected chi connectivity index (χ3v) is 28.9. The van der Waals surface area contributed by atoms with Crippen molar-refractivity contribution in [1.82, 2.24) is 43.6 Å². The van der Waals surface area contributed by atoms with Crippen LogP contribution in [0, 0.1) is 0 Å². The predicted molar refractivity (Wildman–Crippen MR) is 470 cm³/mol. The average Bonchev–Trinajstić information content (AvgIpc) is 1.51. The average molecular weight is 1500 g/mol. The summed E-state index contributed by atoms with van der Waals surface area (Å²) in [5.41, 5.74) is 21.2. The van der Waals surface area contributed by atoms with Crippen molar-refractivity contribution in [1.29, 1.82) is 0 Å². The zero-order chi connectivity index (χ0) is 72.3. The lowest BCUT2D eigenvalue weighted by Crippen LogP contribution is -2.26. The number of benzene rings is 14. The molecule has 0 saturated carbocycles. The maximum atomic E-state index is 4.64. The van der Waals surface area contributed by atoms with E-state index < -0.39 is 0 Å². The normalized spacial score (nSPS) is 12.9. The molecular formula is C97H53N9S5. The molecule has 14 heteroatoms. The van der Waals surface area contributed by atoms with E-state index >= 15 is 0 Å². The number of nitrogens with zero attached hydrogens (tertiary/aromatic N) is 9. The second-order valence-electron chi connectivity index (χ2n) is 28.7. The van der Waals surface area contributed by atoms with Crippen LogP contribution in [0.1, 0.15) is 22.3 Å². The van der Waals surface area contributed by atoms with Crippen LogP contribution < -0.4 is 0 Å². The largest absolute Gasteiger partial charge is 0.309 e. The van der Waals surface area contributed by atoms with Gasteiger partial charge in [0.25, 0.3) is 0 Å². The maximum absolute atomic E-state index is 4.64. The summed E-state index contributed by atoms with van der Waals surface area (Å²) in [5.74, 6) is 0. The lowest BCUT2D eigenvalue weighted by atomic mass is 9.70. The van der Waals surface area contributed by atoms with Crippen LogP contribution in [0.5, 0.6) is 0 Å². The Morgan fingerprint density at radius 2 is 0.622 bits per heavy atom. The fourth-order valence-electron chi connectivity index (χ4n) is 18.9. The molecule has 0 fully saturated rings. The predicted octanol–water partition coefficient (Wildman–Crippen LogP) is 26.9. The Morgan fingerprint density at radius 3 is 1.14 bits per heavy atom. The van der Waals surface area contributed by atoms with Crippen molar-refractivity contribution >= 4 is 223 Å². The Bertz CT molecular complexity index is 8270. The number of fused-ring (bicyclic) bond motifs is 37. The van der Waals surface area contributed by atoms with Gasteiger partial charge < -0.3 is 13.7 Å². The number of aromatic nitrogens is 9. The highest BCUT2D eigenvalue weighted by Gasteiger charge is 2.51. The van der Waals surface area contributed by atoms with Gasteiger partial charge in [0.2, 0.25) is 0 Å². The van der Waals surface area contributed by atoms with Crippen molar-refractivity contribution in [3.63, 3.8) is 0 Å². The van der Waals surface area contributed by atoms with E-state index in [9.17, 15) is 0 Å². The van der Waals surface area contributed by atoms with Crippen molar-refractivity contribution in [2.75, 3.05) is 0 Å². The number of hydrogen-bond donors (Lipinski definition) is 0. The number of para-hydroxylation sites is 3. The van der Waals surface area contributed by atoms with E-state index in [1.54, 1.807) is 53.0 Å². The Morgan fingerprint density at radius 1 is 0.243 bits per heavy atom. The van der Waals surface area contributed by atoms with Gasteiger partial charge in [0.05, 0.1) is 48.9 Å². The number of rotatable bonds is 3. The molecule has 111 heavy (non-hydrogen) atoms. The van der Waals surface area contributed by atoms with Gasteiger partial charge >= 0.3 is 0 Å². The summed E-state index contributed by atoms with van der Waals surface area (Å²) in [7, 11) is 0. The summed E-state index contributed by atoms with van der Waals surface area (Å²) in [6.45, 7) is 0. The van der Waals surface area contributed by atoms with E-state index in [2.05, 4.69) is 329 Å². The molecule has 1 spiro atoms. The van der Waals surface area contributed by atoms with Gasteiger partial charge in [-0.3, -0.25) is 0 Å². The minimum absolute atomic E-state index is 0.383. The molecule has 11 heterocycles. The lowest BCUT2D eigenvalue weighted by molar-refractivity contribution is 0.792. The highest BCUT2D eigenvalue weighted by Crippen LogP contribution is 2.63. The third kappa shape index (κ3) is 8.56. The van der Waals surface area contributed by atoms with Crippen LogP contribution in [-0.4, -0.2) is 43.6 Å². The van der Waals surface area contributed by atoms with E-state index in [0.717, 1.165) is 36.3 Å². The first-order chi connectivity index (χ1) is 55.1. The molecule has 14 aromatic carbocycles. The number of thiophene rings is 5. The smallest absolute Gasteiger partial charge is 0.127 e. The van der Waals surface area contributed by atoms with Crippen LogP contribution in [0.3, 0.4) is 0 Å². The molecule has 0 bridgehead atoms. The highest BCUT2D eigenvalue weighted by atomic mass is 32.1. The fourth-order valence-corrected chi connectivity index (χ4v) is 24.3. The molecule has 0 N–H and O–H groups in total. The molecule has 0 radical (unpaired) electrons. The first-order valence-corrected chi connectivity index (χ1v) is 41.1. The molecule has 25 aromatic rings. The van der Waals surface area contributed by atoms with E-state index in [-0.39, 0.29) is 5.41 Å². The quantitative estimate of drug-likeness (QED) is 0.175. The Labute approximate surface area is 651 Å². The summed E-state index contributed by atoms with van der Waals surface area (Å²) in [5, 5.41) is 19.9. The fraction of sp³-hybridized carbons (Fsp3) is 0.0103. The van der Waals surface area contributed by atoms with Gasteiger partial charge in [-0.2, -0.15) is 0 Å². The van der Waals surface area contributed by atoms with Crippen molar-refractivity contribution in [2.45, 2.75) is 5.41 Å². The SMILES string of the molecule is c1ccc2c(c1)-c1ccccc1C21c2ccccc2-c2ccc(-n3c4ccccc4c4ccc5sc6ncncc6c5c43)cc21.c1ccc2c(c1)sc1c(-n3c4ccccc4c4ccc5sc6ncncc6c5c43)cccc12.c1ccc2c(c1)sc1ccc(-n3c4ccccc4c4ccc5sc6ncncc6c5c43)cc12. The van der Waals surface area contributed by atoms with Crippen LogP contribution >= 0.6 is 56.7 Å². The molecule has 11 aromatic heterocycles. The molecule has 2 aliphatic carbocycles. The molecular weight excluding hydrogens is 1450 g/mol. The molecule has 516 valence electrons. The van der Waals surface area contributed by atoms with Crippen LogP contribution in [0.2, 0.25) is 0 Å². The summed E-state index contributed by atoms with van der Waals surface area (Å²) in [4.78, 5) is 30.0. The summed E-state index contributed by atoms with van der Waals surface area (Å²) in [6, 6.07) is 105. The Hall–Kier alpha value is -13.2. The van der Waals surface area contributed by atoms with Gasteiger partial charge in [-0.15, -0.1) is 56.7 Å². The molecule has 0 unspecified atom stereocenters. The van der Waals surface area contributed by atoms with Crippen molar-refractivity contribution < 1.29 is 0 Å². The minimum Gasteiger partial charge on any atom is -0.309 e. The first-order valence-electron chi connectivity index (χ1n) is 37.0. The highest BCUT2D eigenvalue weighted by molar-refractivity contribution is 7.27. The number of hydrogen-bond acceptors (Lipinski definition) is 11. The van der Waals surface area contributed by atoms with Gasteiger partial charge in [0, 0.05) is 144 Å². The van der Waals surface area contributed by atoms with E-state index in [1.807, 2.05) is 41.3 Å². The monoisotopic (exact) mass is 1500 g/mol. The summed E-state index contributed by atoms with van der Waals surface area (Å²) < 4.78 is 16.4. The second-order valence-corrected chi connectivity index (χ2v) is 34.0. The van der Waals surface area contributed by atoms with Gasteiger partial charge in [0.1, 0.15) is 33.5 Å². The molecule has 0 amide bonds. The third-order valence-electron chi connectivity index (χ3n) is 23.3. The van der Waals surface area contributed by atoms with E-state index in [0.29, 0.717) is 0 Å². The first kappa shape index (κ1) is 61.8. The van der Waals surface area contributed by atoms with Crippen LogP contribution in [0.25, 0.3) is 206 Å². The molecule has 27 rings (SSSR count). The molecule has 0 aliphatic heterocycles. The van der Waals surface area contributed by atoms with Crippen LogP contribution in [-0.2, 0) is 5.41 Å². The van der Waals surface area contributed by atoms with E-state index in [1.165, 1.54) is 192 Å². The van der Waals surface area contributed by atoms with Gasteiger partial charge in [-0.1, -0.05) is 200 Å². The standard InChI is InChI=1S/C41H23N3S.2C28H15N3S2/c1-5-13-32-25(9-1)26-10-2-6-14-33(26)41(32)34-15-7-3-11-27(34)28-18-17-24(21-35(28)41)44-36-16-8-4-12-29(36)30-19-20-37-38(39(30)44)31-22-42-23-43-40(31)45-37;1-3-9-21-16(6-1)18-12-13-24-25(20-14-29-15-30-28(20)33-24)26(18)31(21)22-10-5-8-19-17-7-2-4-11-23(17)32-27(19)22;1-3-7-22-17(5-1)19-10-12-25-26(21-14-29-15-30-28(21)33-25)27(19)31(22)16-9-11-24-20(13-16)18-6-2-4-8-23(18)32-24/h1-23H;2*1-15H. The molecule has 2 aliphatic rings. The molecule has 9 nitrogen and oxygen atoms in total. The summed E-state index contributed by atoms with van der Waals surface area (Å²) in [6.07, 6.45) is 10.8. The van der Waals surface area contributed by atoms with Crippen molar-refractivity contribution in [2.24, 2.45) is 0 Å². The lowest BCUT2D eigenvalue weighted by Gasteiger charge is -2.30. The van der Waals surface area contributed by atoms with Gasteiger partial charge in [0.15, 0.2) is 0 Å². The van der Waals surface area contributed by atoms with Crippen LogP contribution in [0.15, 0.2) is 323 Å². The molecule has 0 saturated heterocycles. The topological polar surface area (TPSA) is 92.1 Å². The van der Waals surface area contributed by atoms with Gasteiger partial charge in [-0.25, -0.2) is 29.9 Å². The van der Waals surface area contributed by atoms with Crippen molar-refractivity contribution in [3.8, 4) is 39.3 Å². The second kappa shape index (κ2) is 23.4. The maximum Gasteiger partial charge on any atom is 0.127 e. The minimum atomic E-state index is -0.383. The van der Waals surface area contributed by atoms with E-state index in [4.69, 9.17) is 0 Å². The Kier molecular flexibility index (Phi) is 13.0. The van der Waals surface area contributed by atoms with Gasteiger partial charge in [-0.05, 0) is 129 Å². The zero-order valence-electron chi connectivity index (χ0n) is 58.7. The Balaban J connectivity index is 0.0000000965. The zero-order valence-corrected chi connectivity index (χ0v) is 62.7. The molecule has 0 atom stereocenters. The summed E-state index contributed by atoms with van der Waals surface area (Å²) >= 11 is 8.93.